The number of unbranched alkanes of at least 4 members (excludes halogenated alkanes) is 43. The maximum Gasteiger partial charge on any atom is 0.472 e. The molecule has 0 saturated heterocycles. The monoisotopic (exact) mass is 1280 g/mol. The van der Waals surface area contributed by atoms with Crippen molar-refractivity contribution in [2.24, 2.45) is 0 Å². The number of phosphoric ester groups is 1. The van der Waals surface area contributed by atoms with Gasteiger partial charge in [0.25, 0.3) is 0 Å². The van der Waals surface area contributed by atoms with Gasteiger partial charge in [-0.1, -0.05) is 343 Å². The van der Waals surface area contributed by atoms with E-state index >= 15 is 0 Å². The molecular formula is C80H147NO8P+. The van der Waals surface area contributed by atoms with E-state index in [0.717, 1.165) is 77.0 Å². The second kappa shape index (κ2) is 70.5. The van der Waals surface area contributed by atoms with Crippen LogP contribution in [-0.2, 0) is 32.7 Å². The molecule has 524 valence electrons. The number of phosphoric acid groups is 1. The third-order valence-corrected chi connectivity index (χ3v) is 17.9. The summed E-state index contributed by atoms with van der Waals surface area (Å²) in [5, 5.41) is 0. The lowest BCUT2D eigenvalue weighted by Gasteiger charge is -2.24. The third kappa shape index (κ3) is 74.2. The van der Waals surface area contributed by atoms with Crippen LogP contribution >= 0.6 is 7.82 Å². The van der Waals surface area contributed by atoms with Gasteiger partial charge in [0.15, 0.2) is 6.10 Å². The summed E-state index contributed by atoms with van der Waals surface area (Å²) in [6.45, 7) is 4.37. The van der Waals surface area contributed by atoms with Crippen LogP contribution in [0.15, 0.2) is 85.1 Å². The van der Waals surface area contributed by atoms with E-state index < -0.39 is 26.5 Å². The van der Waals surface area contributed by atoms with Gasteiger partial charge in [0.05, 0.1) is 27.7 Å². The molecule has 9 nitrogen and oxygen atoms in total. The van der Waals surface area contributed by atoms with Crippen LogP contribution in [0, 0.1) is 0 Å². The Labute approximate surface area is 558 Å². The zero-order valence-electron chi connectivity index (χ0n) is 59.9. The van der Waals surface area contributed by atoms with Crippen LogP contribution in [0.3, 0.4) is 0 Å². The van der Waals surface area contributed by atoms with Crippen molar-refractivity contribution in [2.75, 3.05) is 47.5 Å². The topological polar surface area (TPSA) is 108 Å². The minimum atomic E-state index is -4.40. The number of rotatable bonds is 71. The van der Waals surface area contributed by atoms with Crippen molar-refractivity contribution in [3.05, 3.63) is 85.1 Å². The number of esters is 2. The van der Waals surface area contributed by atoms with Crippen LogP contribution in [-0.4, -0.2) is 74.9 Å². The van der Waals surface area contributed by atoms with E-state index in [9.17, 15) is 19.0 Å². The summed E-state index contributed by atoms with van der Waals surface area (Å²) in [5.74, 6) is -0.783. The maximum atomic E-state index is 12.9. The molecule has 0 heterocycles. The predicted octanol–water partition coefficient (Wildman–Crippen LogP) is 25.3. The Hall–Kier alpha value is -2.81. The van der Waals surface area contributed by atoms with Gasteiger partial charge >= 0.3 is 19.8 Å². The molecule has 0 fully saturated rings. The molecule has 0 bridgehead atoms. The van der Waals surface area contributed by atoms with E-state index in [-0.39, 0.29) is 25.6 Å². The standard InChI is InChI=1S/C80H146NO8P/c1-6-8-10-12-14-16-18-20-22-24-26-28-30-32-34-36-38-40-42-44-46-48-50-52-54-56-58-60-62-64-66-68-70-72-79(82)86-76-78(77-88-90(84,85)87-75-74-81(3,4)5)89-80(83)73-71-69-67-65-63-61-59-57-55-53-51-49-47-45-43-41-39-37-35-33-31-29-27-25-23-21-19-17-15-13-11-9-7-2/h9,11,15,17,21,23-24,26-27,29,33,35,39,41,78H,6-8,10,12-14,16,18-20,22,25,28,30-32,34,36-38,40,42-77H2,1-5H3/p+1/b11-9-,17-15-,23-21-,26-24-,29-27-,35-33-,41-39-. The van der Waals surface area contributed by atoms with Gasteiger partial charge < -0.3 is 18.9 Å². The first-order chi connectivity index (χ1) is 44.0. The Morgan fingerprint density at radius 1 is 0.356 bits per heavy atom. The lowest BCUT2D eigenvalue weighted by atomic mass is 10.0. The summed E-state index contributed by atoms with van der Waals surface area (Å²) >= 11 is 0. The van der Waals surface area contributed by atoms with Gasteiger partial charge in [-0.3, -0.25) is 18.6 Å². The van der Waals surface area contributed by atoms with E-state index in [1.807, 2.05) is 21.1 Å². The average molecular weight is 1280 g/mol. The molecular weight excluding hydrogens is 1130 g/mol. The molecule has 10 heteroatoms. The van der Waals surface area contributed by atoms with Crippen molar-refractivity contribution in [1.29, 1.82) is 0 Å². The molecule has 0 aromatic carbocycles. The van der Waals surface area contributed by atoms with E-state index in [1.165, 1.54) is 250 Å². The molecule has 1 N–H and O–H groups in total. The molecule has 2 unspecified atom stereocenters. The highest BCUT2D eigenvalue weighted by atomic mass is 31.2. The minimum Gasteiger partial charge on any atom is -0.462 e. The summed E-state index contributed by atoms with van der Waals surface area (Å²) in [5.41, 5.74) is 0. The van der Waals surface area contributed by atoms with Crippen molar-refractivity contribution in [2.45, 2.75) is 367 Å². The normalized spacial score (nSPS) is 13.5. The zero-order chi connectivity index (χ0) is 65.5. The van der Waals surface area contributed by atoms with Crippen molar-refractivity contribution in [3.8, 4) is 0 Å². The predicted molar refractivity (Wildman–Crippen MR) is 390 cm³/mol. The summed E-state index contributed by atoms with van der Waals surface area (Å²) in [4.78, 5) is 36.0. The lowest BCUT2D eigenvalue weighted by Crippen LogP contribution is -2.37. The molecule has 0 amide bonds. The number of carbonyl (C=O) groups excluding carboxylic acids is 2. The largest absolute Gasteiger partial charge is 0.472 e. The third-order valence-electron chi connectivity index (χ3n) is 16.9. The van der Waals surface area contributed by atoms with Crippen molar-refractivity contribution < 1.29 is 42.1 Å². The van der Waals surface area contributed by atoms with Gasteiger partial charge in [0.1, 0.15) is 19.8 Å². The maximum absolute atomic E-state index is 12.9. The molecule has 2 atom stereocenters. The van der Waals surface area contributed by atoms with Crippen LogP contribution < -0.4 is 0 Å². The highest BCUT2D eigenvalue weighted by Crippen LogP contribution is 2.43. The summed E-state index contributed by atoms with van der Waals surface area (Å²) in [7, 11) is 1.49. The highest BCUT2D eigenvalue weighted by Gasteiger charge is 2.27. The Morgan fingerprint density at radius 2 is 0.633 bits per heavy atom. The molecule has 0 radical (unpaired) electrons. The molecule has 90 heavy (non-hydrogen) atoms. The summed E-state index contributed by atoms with van der Waals surface area (Å²) in [6, 6.07) is 0. The number of nitrogens with zero attached hydrogens (tertiary/aromatic N) is 1. The number of allylic oxidation sites excluding steroid dienone is 14. The van der Waals surface area contributed by atoms with Crippen LogP contribution in [0.5, 0.6) is 0 Å². The Morgan fingerprint density at radius 3 is 0.956 bits per heavy atom. The van der Waals surface area contributed by atoms with Gasteiger partial charge in [-0.25, -0.2) is 4.57 Å². The quantitative estimate of drug-likeness (QED) is 0.0211. The van der Waals surface area contributed by atoms with Crippen molar-refractivity contribution >= 4 is 19.8 Å². The molecule has 0 saturated carbocycles. The minimum absolute atomic E-state index is 0.0310. The molecule has 0 aliphatic carbocycles. The summed E-state index contributed by atoms with van der Waals surface area (Å²) in [6.07, 6.45) is 97.1. The molecule has 0 aliphatic rings. The fraction of sp³-hybridized carbons (Fsp3) is 0.800. The first-order valence-electron chi connectivity index (χ1n) is 38.3. The fourth-order valence-corrected chi connectivity index (χ4v) is 11.8. The molecule has 0 aromatic rings. The van der Waals surface area contributed by atoms with Crippen molar-refractivity contribution in [3.63, 3.8) is 0 Å². The van der Waals surface area contributed by atoms with E-state index in [2.05, 4.69) is 98.9 Å². The molecule has 0 spiro atoms. The SMILES string of the molecule is CC/C=C\C/C=C\C/C=C\C/C=C\C/C=C\C/C=C\CCCCCCCCCCCCCCCCC(=O)OC(COC(=O)CCCCCCCCCCCCCCCCCCCCCCC/C=C\CCCCCCCCCC)COP(=O)(O)OCC[N+](C)(C)C. The highest BCUT2D eigenvalue weighted by molar-refractivity contribution is 7.47. The van der Waals surface area contributed by atoms with Crippen LogP contribution in [0.1, 0.15) is 361 Å². The van der Waals surface area contributed by atoms with Gasteiger partial charge in [-0.15, -0.1) is 0 Å². The Balaban J connectivity index is 3.98. The van der Waals surface area contributed by atoms with Gasteiger partial charge in [0, 0.05) is 12.8 Å². The van der Waals surface area contributed by atoms with Crippen molar-refractivity contribution in [1.82, 2.24) is 0 Å². The number of ether oxygens (including phenoxy) is 2. The number of carbonyl (C=O) groups is 2. The van der Waals surface area contributed by atoms with Gasteiger partial charge in [-0.2, -0.15) is 0 Å². The number of quaternary nitrogens is 1. The number of likely N-dealkylation sites (N-methyl/N-ethyl adjacent to an activating group) is 1. The molecule has 0 aliphatic heterocycles. The number of hydrogen-bond acceptors (Lipinski definition) is 7. The Kier molecular flexibility index (Phi) is 68.3. The second-order valence-electron chi connectivity index (χ2n) is 27.0. The first kappa shape index (κ1) is 87.2. The van der Waals surface area contributed by atoms with E-state index in [4.69, 9.17) is 18.5 Å². The first-order valence-corrected chi connectivity index (χ1v) is 39.8. The summed E-state index contributed by atoms with van der Waals surface area (Å²) < 4.78 is 34.8. The van der Waals surface area contributed by atoms with Gasteiger partial charge in [-0.05, 0) is 89.9 Å². The second-order valence-corrected chi connectivity index (χ2v) is 28.5. The van der Waals surface area contributed by atoms with Crippen LogP contribution in [0.2, 0.25) is 0 Å². The smallest absolute Gasteiger partial charge is 0.462 e. The average Bonchev–Trinajstić information content (AvgIpc) is 3.58. The van der Waals surface area contributed by atoms with Crippen LogP contribution in [0.4, 0.5) is 0 Å². The van der Waals surface area contributed by atoms with E-state index in [1.54, 1.807) is 0 Å². The van der Waals surface area contributed by atoms with Gasteiger partial charge in [0.2, 0.25) is 0 Å². The molecule has 0 aromatic heterocycles. The van der Waals surface area contributed by atoms with E-state index in [0.29, 0.717) is 23.9 Å². The number of hydrogen-bond donors (Lipinski definition) is 1. The molecule has 0 rings (SSSR count). The fourth-order valence-electron chi connectivity index (χ4n) is 11.1. The Bertz CT molecular complexity index is 1800. The van der Waals surface area contributed by atoms with Crippen LogP contribution in [0.25, 0.3) is 0 Å². The zero-order valence-corrected chi connectivity index (χ0v) is 60.8. The lowest BCUT2D eigenvalue weighted by molar-refractivity contribution is -0.870.